The molecule has 2 fully saturated rings. The predicted octanol–water partition coefficient (Wildman–Crippen LogP) is 3.13. The van der Waals surface area contributed by atoms with Crippen molar-refractivity contribution in [2.24, 2.45) is 0 Å². The molecule has 0 bridgehead atoms. The number of piperidine rings is 2. The average molecular weight is 425 g/mol. The van der Waals surface area contributed by atoms with Gasteiger partial charge >= 0.3 is 5.97 Å². The normalized spacial score (nSPS) is 35.4. The first-order chi connectivity index (χ1) is 13.5. The second kappa shape index (κ2) is 7.42. The van der Waals surface area contributed by atoms with Crippen LogP contribution >= 0.6 is 0 Å². The standard InChI is InChI=1S/C22H38N3O5/c1-10-29-16(26)21(27)14-19(6,7)24(28)20(8,9)22(21,15-23)30-25-17(2,3)12-11-13-18(25,4)5/h27H,10-14H2,1-9H3. The molecule has 0 spiro atoms. The van der Waals surface area contributed by atoms with Crippen molar-refractivity contribution in [1.82, 2.24) is 10.1 Å². The van der Waals surface area contributed by atoms with E-state index in [-0.39, 0.29) is 13.0 Å². The third-order valence-electron chi connectivity index (χ3n) is 6.87. The van der Waals surface area contributed by atoms with E-state index in [1.165, 1.54) is 13.8 Å². The number of aliphatic hydroxyl groups is 1. The Morgan fingerprint density at radius 2 is 1.53 bits per heavy atom. The van der Waals surface area contributed by atoms with Crippen LogP contribution in [0.5, 0.6) is 0 Å². The first-order valence-corrected chi connectivity index (χ1v) is 10.7. The van der Waals surface area contributed by atoms with Gasteiger partial charge in [-0.1, -0.05) is 0 Å². The molecule has 2 aliphatic rings. The van der Waals surface area contributed by atoms with Gasteiger partial charge in [0.05, 0.1) is 12.1 Å². The highest BCUT2D eigenvalue weighted by Gasteiger charge is 2.76. The van der Waals surface area contributed by atoms with Crippen LogP contribution in [0.3, 0.4) is 0 Å². The molecule has 30 heavy (non-hydrogen) atoms. The van der Waals surface area contributed by atoms with E-state index >= 15 is 0 Å². The molecule has 2 saturated heterocycles. The summed E-state index contributed by atoms with van der Waals surface area (Å²) in [7, 11) is 0. The van der Waals surface area contributed by atoms with Gasteiger partial charge in [-0.3, -0.25) is 4.84 Å². The van der Waals surface area contributed by atoms with Crippen molar-refractivity contribution in [3.63, 3.8) is 0 Å². The third kappa shape index (κ3) is 3.45. The molecular weight excluding hydrogens is 386 g/mol. The Bertz CT molecular complexity index is 711. The Labute approximate surface area is 180 Å². The fraction of sp³-hybridized carbons (Fsp3) is 0.909. The SMILES string of the molecule is CCOC(=O)C1(O)CC(C)(C)N([O])C(C)(C)C1(C#N)ON1C(C)(C)CCCC1(C)C. The van der Waals surface area contributed by atoms with Gasteiger partial charge in [0.25, 0.3) is 0 Å². The Kier molecular flexibility index (Phi) is 6.19. The molecule has 0 aliphatic carbocycles. The van der Waals surface area contributed by atoms with Crippen LogP contribution in [0.1, 0.15) is 88.0 Å². The number of nitrogens with zero attached hydrogens (tertiary/aromatic N) is 3. The van der Waals surface area contributed by atoms with Crippen molar-refractivity contribution in [2.45, 2.75) is 121 Å². The first kappa shape index (κ1) is 25.0. The maximum absolute atomic E-state index is 13.4. The molecule has 2 unspecified atom stereocenters. The summed E-state index contributed by atoms with van der Waals surface area (Å²) in [6.07, 6.45) is 2.30. The largest absolute Gasteiger partial charge is 0.464 e. The number of esters is 1. The molecule has 8 heteroatoms. The highest BCUT2D eigenvalue weighted by atomic mass is 16.7. The van der Waals surface area contributed by atoms with Gasteiger partial charge in [-0.2, -0.15) is 10.3 Å². The van der Waals surface area contributed by atoms with E-state index in [9.17, 15) is 20.4 Å². The quantitative estimate of drug-likeness (QED) is 0.691. The Morgan fingerprint density at radius 3 is 1.97 bits per heavy atom. The number of rotatable bonds is 4. The van der Waals surface area contributed by atoms with Crippen LogP contribution in [0.15, 0.2) is 0 Å². The Hall–Kier alpha value is -1.24. The minimum Gasteiger partial charge on any atom is -0.464 e. The highest BCUT2D eigenvalue weighted by Crippen LogP contribution is 2.54. The van der Waals surface area contributed by atoms with Crippen molar-refractivity contribution in [3.8, 4) is 6.07 Å². The Morgan fingerprint density at radius 1 is 1.03 bits per heavy atom. The monoisotopic (exact) mass is 424 g/mol. The van der Waals surface area contributed by atoms with Crippen LogP contribution in [-0.4, -0.2) is 61.2 Å². The van der Waals surface area contributed by atoms with Crippen molar-refractivity contribution in [3.05, 3.63) is 0 Å². The summed E-state index contributed by atoms with van der Waals surface area (Å²) in [6, 6.07) is 2.07. The molecule has 1 radical (unpaired) electrons. The molecule has 0 aromatic carbocycles. The number of hydroxylamine groups is 4. The predicted molar refractivity (Wildman–Crippen MR) is 110 cm³/mol. The summed E-state index contributed by atoms with van der Waals surface area (Å²) in [5.41, 5.74) is -8.16. The van der Waals surface area contributed by atoms with Crippen LogP contribution in [-0.2, 0) is 19.6 Å². The third-order valence-corrected chi connectivity index (χ3v) is 6.87. The van der Waals surface area contributed by atoms with E-state index in [2.05, 4.69) is 6.07 Å². The van der Waals surface area contributed by atoms with Gasteiger partial charge in [0, 0.05) is 23.0 Å². The minimum absolute atomic E-state index is 0.0330. The molecule has 2 rings (SSSR count). The maximum atomic E-state index is 13.4. The summed E-state index contributed by atoms with van der Waals surface area (Å²) in [5, 5.41) is 38.2. The van der Waals surface area contributed by atoms with E-state index in [0.29, 0.717) is 0 Å². The smallest absolute Gasteiger partial charge is 0.342 e. The number of carbonyl (C=O) groups is 1. The number of hydrogen-bond donors (Lipinski definition) is 1. The van der Waals surface area contributed by atoms with Gasteiger partial charge in [-0.25, -0.2) is 4.79 Å². The molecule has 2 atom stereocenters. The molecule has 0 saturated carbocycles. The number of nitriles is 1. The van der Waals surface area contributed by atoms with Gasteiger partial charge < -0.3 is 9.84 Å². The summed E-state index contributed by atoms with van der Waals surface area (Å²) >= 11 is 0. The molecule has 171 valence electrons. The van der Waals surface area contributed by atoms with E-state index in [4.69, 9.17) is 9.57 Å². The zero-order valence-corrected chi connectivity index (χ0v) is 20.0. The van der Waals surface area contributed by atoms with E-state index in [1.54, 1.807) is 25.8 Å². The number of carbonyl (C=O) groups excluding carboxylic acids is 1. The summed E-state index contributed by atoms with van der Waals surface area (Å²) in [6.45, 7) is 16.0. The van der Waals surface area contributed by atoms with E-state index in [0.717, 1.165) is 24.3 Å². The zero-order valence-electron chi connectivity index (χ0n) is 20.0. The lowest BCUT2D eigenvalue weighted by Crippen LogP contribution is -2.83. The summed E-state index contributed by atoms with van der Waals surface area (Å²) < 4.78 is 5.20. The van der Waals surface area contributed by atoms with Crippen molar-refractivity contribution in [2.75, 3.05) is 6.61 Å². The molecule has 1 N–H and O–H groups in total. The van der Waals surface area contributed by atoms with E-state index < -0.39 is 39.3 Å². The molecule has 8 nitrogen and oxygen atoms in total. The van der Waals surface area contributed by atoms with Gasteiger partial charge in [-0.15, -0.1) is 10.3 Å². The van der Waals surface area contributed by atoms with Gasteiger partial charge in [-0.05, 0) is 81.6 Å². The van der Waals surface area contributed by atoms with E-state index in [1.807, 2.05) is 27.7 Å². The fourth-order valence-corrected chi connectivity index (χ4v) is 5.49. The summed E-state index contributed by atoms with van der Waals surface area (Å²) in [4.78, 5) is 19.5. The molecule has 2 heterocycles. The molecule has 2 aliphatic heterocycles. The number of hydrogen-bond acceptors (Lipinski definition) is 7. The molecule has 0 aromatic rings. The lowest BCUT2D eigenvalue weighted by Gasteiger charge is -2.63. The van der Waals surface area contributed by atoms with Crippen LogP contribution in [0.4, 0.5) is 0 Å². The molecule has 0 aromatic heterocycles. The minimum atomic E-state index is -2.34. The topological polar surface area (TPSA) is 106 Å². The lowest BCUT2D eigenvalue weighted by atomic mass is 9.61. The van der Waals surface area contributed by atoms with Crippen LogP contribution < -0.4 is 0 Å². The van der Waals surface area contributed by atoms with Gasteiger partial charge in [0.15, 0.2) is 0 Å². The van der Waals surface area contributed by atoms with Crippen molar-refractivity contribution < 1.29 is 24.7 Å². The van der Waals surface area contributed by atoms with Crippen LogP contribution in [0.2, 0.25) is 0 Å². The van der Waals surface area contributed by atoms with Gasteiger partial charge in [0.1, 0.15) is 6.07 Å². The first-order valence-electron chi connectivity index (χ1n) is 10.7. The second-order valence-corrected chi connectivity index (χ2v) is 11.1. The van der Waals surface area contributed by atoms with Gasteiger partial charge in [0.2, 0.25) is 11.2 Å². The maximum Gasteiger partial charge on any atom is 0.342 e. The fourth-order valence-electron chi connectivity index (χ4n) is 5.49. The van der Waals surface area contributed by atoms with Crippen molar-refractivity contribution >= 4 is 5.97 Å². The zero-order chi connectivity index (χ0) is 23.4. The molecule has 0 amide bonds. The lowest BCUT2D eigenvalue weighted by molar-refractivity contribution is -0.423. The van der Waals surface area contributed by atoms with Crippen LogP contribution in [0.25, 0.3) is 0 Å². The highest BCUT2D eigenvalue weighted by molar-refractivity contribution is 5.83. The molecular formula is C22H38N3O5. The summed E-state index contributed by atoms with van der Waals surface area (Å²) in [5.74, 6) is -0.951. The second-order valence-electron chi connectivity index (χ2n) is 11.1. The Balaban J connectivity index is 2.75. The van der Waals surface area contributed by atoms with Crippen molar-refractivity contribution in [1.29, 1.82) is 5.26 Å². The average Bonchev–Trinajstić information content (AvgIpc) is 2.58. The number of ether oxygens (including phenoxy) is 1. The van der Waals surface area contributed by atoms with Crippen LogP contribution in [0, 0.1) is 11.3 Å².